The Labute approximate surface area is 97.5 Å². The third-order valence-electron chi connectivity index (χ3n) is 1.69. The first-order valence-corrected chi connectivity index (χ1v) is 4.59. The molecule has 0 amide bonds. The summed E-state index contributed by atoms with van der Waals surface area (Å²) in [5.74, 6) is 0.334. The molecule has 0 atom stereocenters. The van der Waals surface area contributed by atoms with Gasteiger partial charge in [-0.15, -0.1) is 10.2 Å². The SMILES string of the molecule is Clc1nc(-n2cnnn2)nc(-n2cnnn2)n1. The van der Waals surface area contributed by atoms with E-state index in [9.17, 15) is 0 Å². The van der Waals surface area contributed by atoms with Gasteiger partial charge in [-0.1, -0.05) is 0 Å². The van der Waals surface area contributed by atoms with E-state index >= 15 is 0 Å². The first-order valence-electron chi connectivity index (χ1n) is 4.21. The van der Waals surface area contributed by atoms with E-state index in [4.69, 9.17) is 11.6 Å². The van der Waals surface area contributed by atoms with Crippen molar-refractivity contribution in [1.82, 2.24) is 55.4 Å². The standard InChI is InChI=1S/C5H2ClN11/c6-3-9-4(16-1-7-12-14-16)11-5(10-3)17-2-8-13-15-17/h1-2H. The number of hydrogen-bond donors (Lipinski definition) is 0. The molecule has 0 aliphatic heterocycles. The smallest absolute Gasteiger partial charge is 0.180 e. The maximum atomic E-state index is 5.76. The topological polar surface area (TPSA) is 126 Å². The molecule has 0 spiro atoms. The molecular weight excluding hydrogens is 250 g/mol. The van der Waals surface area contributed by atoms with Crippen LogP contribution in [0.4, 0.5) is 0 Å². The van der Waals surface area contributed by atoms with E-state index in [0.29, 0.717) is 0 Å². The molecule has 0 aliphatic carbocycles. The molecule has 3 aromatic heterocycles. The molecule has 11 nitrogen and oxygen atoms in total. The minimum atomic E-state index is -0.0176. The monoisotopic (exact) mass is 251 g/mol. The highest BCUT2D eigenvalue weighted by Gasteiger charge is 2.10. The quantitative estimate of drug-likeness (QED) is 0.533. The average molecular weight is 252 g/mol. The third-order valence-corrected chi connectivity index (χ3v) is 1.86. The van der Waals surface area contributed by atoms with E-state index in [1.807, 2.05) is 0 Å². The normalized spacial score (nSPS) is 10.6. The Bertz CT molecular complexity index is 563. The van der Waals surface area contributed by atoms with E-state index in [1.165, 1.54) is 22.0 Å². The third kappa shape index (κ3) is 1.78. The van der Waals surface area contributed by atoms with Crippen molar-refractivity contribution in [2.45, 2.75) is 0 Å². The number of rotatable bonds is 2. The minimum absolute atomic E-state index is 0.0176. The second kappa shape index (κ2) is 3.79. The van der Waals surface area contributed by atoms with Gasteiger partial charge in [0.2, 0.25) is 5.28 Å². The Hall–Kier alpha value is -2.56. The van der Waals surface area contributed by atoms with Crippen LogP contribution in [0.25, 0.3) is 11.9 Å². The Balaban J connectivity index is 2.13. The number of aromatic nitrogens is 11. The molecule has 0 aliphatic rings. The van der Waals surface area contributed by atoms with Gasteiger partial charge >= 0.3 is 0 Å². The molecule has 0 fully saturated rings. The largest absolute Gasteiger partial charge is 0.259 e. The van der Waals surface area contributed by atoms with Crippen molar-refractivity contribution in [3.05, 3.63) is 17.9 Å². The summed E-state index contributed by atoms with van der Waals surface area (Å²) in [4.78, 5) is 11.8. The molecule has 3 heterocycles. The highest BCUT2D eigenvalue weighted by Crippen LogP contribution is 2.06. The Morgan fingerprint density at radius 2 is 1.35 bits per heavy atom. The van der Waals surface area contributed by atoms with Gasteiger partial charge in [0, 0.05) is 0 Å². The van der Waals surface area contributed by atoms with Gasteiger partial charge in [-0.05, 0) is 32.5 Å². The molecule has 0 saturated carbocycles. The van der Waals surface area contributed by atoms with Crippen molar-refractivity contribution < 1.29 is 0 Å². The van der Waals surface area contributed by atoms with Crippen LogP contribution in [0.3, 0.4) is 0 Å². The molecule has 0 unspecified atom stereocenters. The van der Waals surface area contributed by atoms with E-state index in [2.05, 4.69) is 46.0 Å². The summed E-state index contributed by atoms with van der Waals surface area (Å²) >= 11 is 5.76. The molecule has 0 radical (unpaired) electrons. The Kier molecular flexibility index (Phi) is 2.15. The lowest BCUT2D eigenvalue weighted by Crippen LogP contribution is -2.09. The highest BCUT2D eigenvalue weighted by atomic mass is 35.5. The van der Waals surface area contributed by atoms with Crippen LogP contribution in [0.5, 0.6) is 0 Å². The van der Waals surface area contributed by atoms with Gasteiger partial charge in [0.05, 0.1) is 0 Å². The van der Waals surface area contributed by atoms with Crippen LogP contribution in [-0.4, -0.2) is 55.4 Å². The van der Waals surface area contributed by atoms with Crippen LogP contribution in [-0.2, 0) is 0 Å². The molecule has 84 valence electrons. The van der Waals surface area contributed by atoms with Gasteiger partial charge in [0.1, 0.15) is 12.7 Å². The maximum Gasteiger partial charge on any atom is 0.259 e. The lowest BCUT2D eigenvalue weighted by atomic mass is 10.8. The van der Waals surface area contributed by atoms with E-state index < -0.39 is 0 Å². The van der Waals surface area contributed by atoms with Crippen LogP contribution in [0.15, 0.2) is 12.7 Å². The second-order valence-electron chi connectivity index (χ2n) is 2.71. The summed E-state index contributed by atoms with van der Waals surface area (Å²) in [7, 11) is 0. The molecule has 3 rings (SSSR count). The minimum Gasteiger partial charge on any atom is -0.180 e. The fourth-order valence-electron chi connectivity index (χ4n) is 1.04. The molecule has 0 N–H and O–H groups in total. The van der Waals surface area contributed by atoms with Gasteiger partial charge < -0.3 is 0 Å². The number of halogens is 1. The van der Waals surface area contributed by atoms with Gasteiger partial charge in [0.25, 0.3) is 11.9 Å². The number of tetrazole rings is 2. The van der Waals surface area contributed by atoms with Crippen LogP contribution >= 0.6 is 11.6 Å². The zero-order valence-electron chi connectivity index (χ0n) is 7.95. The van der Waals surface area contributed by atoms with Crippen molar-refractivity contribution >= 4 is 11.6 Å². The summed E-state index contributed by atoms with van der Waals surface area (Å²) in [6.45, 7) is 0. The van der Waals surface area contributed by atoms with Crippen LogP contribution in [0.2, 0.25) is 5.28 Å². The average Bonchev–Trinajstić information content (AvgIpc) is 3.02. The molecule has 0 saturated heterocycles. The summed E-state index contributed by atoms with van der Waals surface area (Å²) in [5.41, 5.74) is 0. The van der Waals surface area contributed by atoms with Gasteiger partial charge in [0.15, 0.2) is 0 Å². The van der Waals surface area contributed by atoms with Gasteiger partial charge in [-0.3, -0.25) is 0 Å². The van der Waals surface area contributed by atoms with E-state index in [1.54, 1.807) is 0 Å². The first-order chi connectivity index (χ1) is 8.33. The van der Waals surface area contributed by atoms with Crippen molar-refractivity contribution in [3.8, 4) is 11.9 Å². The molecule has 17 heavy (non-hydrogen) atoms. The number of nitrogens with zero attached hydrogens (tertiary/aromatic N) is 11. The van der Waals surface area contributed by atoms with Gasteiger partial charge in [-0.25, -0.2) is 0 Å². The van der Waals surface area contributed by atoms with Crippen LogP contribution in [0, 0.1) is 0 Å². The van der Waals surface area contributed by atoms with Crippen molar-refractivity contribution in [2.24, 2.45) is 0 Å². The zero-order chi connectivity index (χ0) is 11.7. The Morgan fingerprint density at radius 3 is 1.76 bits per heavy atom. The number of hydrogen-bond acceptors (Lipinski definition) is 9. The fourth-order valence-corrected chi connectivity index (χ4v) is 1.19. The van der Waals surface area contributed by atoms with Crippen molar-refractivity contribution in [1.29, 1.82) is 0 Å². The summed E-state index contributed by atoms with van der Waals surface area (Å²) < 4.78 is 2.48. The van der Waals surface area contributed by atoms with Crippen LogP contribution in [0.1, 0.15) is 0 Å². The summed E-state index contributed by atoms with van der Waals surface area (Å²) in [6, 6.07) is 0. The fraction of sp³-hybridized carbons (Fsp3) is 0. The molecule has 3 aromatic rings. The highest BCUT2D eigenvalue weighted by molar-refractivity contribution is 6.28. The predicted molar refractivity (Wildman–Crippen MR) is 50.3 cm³/mol. The van der Waals surface area contributed by atoms with Crippen molar-refractivity contribution in [2.75, 3.05) is 0 Å². The summed E-state index contributed by atoms with van der Waals surface area (Å²) in [5, 5.41) is 21.1. The molecule has 0 aromatic carbocycles. The second-order valence-corrected chi connectivity index (χ2v) is 3.05. The van der Waals surface area contributed by atoms with Crippen molar-refractivity contribution in [3.63, 3.8) is 0 Å². The Morgan fingerprint density at radius 1 is 0.824 bits per heavy atom. The van der Waals surface area contributed by atoms with Crippen LogP contribution < -0.4 is 0 Å². The molecule has 12 heteroatoms. The lowest BCUT2D eigenvalue weighted by molar-refractivity contribution is 0.702. The maximum absolute atomic E-state index is 5.76. The van der Waals surface area contributed by atoms with Gasteiger partial charge in [-0.2, -0.15) is 24.3 Å². The lowest BCUT2D eigenvalue weighted by Gasteiger charge is -2.00. The zero-order valence-corrected chi connectivity index (χ0v) is 8.71. The molecule has 0 bridgehead atoms. The first kappa shape index (κ1) is 9.65. The molecular formula is C5H2ClN11. The summed E-state index contributed by atoms with van der Waals surface area (Å²) in [6.07, 6.45) is 2.66. The predicted octanol–water partition coefficient (Wildman–Crippen LogP) is -1.52. The van der Waals surface area contributed by atoms with E-state index in [0.717, 1.165) is 0 Å². The van der Waals surface area contributed by atoms with E-state index in [-0.39, 0.29) is 17.2 Å².